The fourth-order valence-electron chi connectivity index (χ4n) is 2.66. The van der Waals surface area contributed by atoms with Crippen LogP contribution in [0.3, 0.4) is 0 Å². The molecule has 2 N–H and O–H groups in total. The van der Waals surface area contributed by atoms with E-state index < -0.39 is 0 Å². The van der Waals surface area contributed by atoms with Crippen molar-refractivity contribution in [2.24, 2.45) is 11.7 Å². The number of rotatable bonds is 3. The Kier molecular flexibility index (Phi) is 4.46. The van der Waals surface area contributed by atoms with Crippen LogP contribution < -0.4 is 10.5 Å². The van der Waals surface area contributed by atoms with Crippen LogP contribution in [-0.2, 0) is 0 Å². The average molecular weight is 265 g/mol. The molecule has 0 radical (unpaired) electrons. The highest BCUT2D eigenvalue weighted by molar-refractivity contribution is 5.40. The van der Waals surface area contributed by atoms with Crippen LogP contribution in [0.25, 0.3) is 0 Å². The van der Waals surface area contributed by atoms with E-state index in [2.05, 4.69) is 6.92 Å². The maximum Gasteiger partial charge on any atom is 0.126 e. The molecule has 2 nitrogen and oxygen atoms in total. The molecule has 0 unspecified atom stereocenters. The monoisotopic (exact) mass is 265 g/mol. The minimum Gasteiger partial charge on any atom is -0.490 e. The molecule has 1 atom stereocenters. The Hall–Kier alpha value is -1.09. The van der Waals surface area contributed by atoms with Gasteiger partial charge in [0, 0.05) is 11.6 Å². The number of hydrogen-bond donors (Lipinski definition) is 1. The van der Waals surface area contributed by atoms with Gasteiger partial charge in [-0.1, -0.05) is 6.92 Å². The Balaban J connectivity index is 2.17. The van der Waals surface area contributed by atoms with Gasteiger partial charge < -0.3 is 10.5 Å². The van der Waals surface area contributed by atoms with Gasteiger partial charge in [0.1, 0.15) is 11.6 Å². The van der Waals surface area contributed by atoms with Crippen molar-refractivity contribution in [3.8, 4) is 5.75 Å². The van der Waals surface area contributed by atoms with Crippen molar-refractivity contribution in [3.05, 3.63) is 29.1 Å². The van der Waals surface area contributed by atoms with Crippen molar-refractivity contribution in [2.45, 2.75) is 58.6 Å². The van der Waals surface area contributed by atoms with E-state index in [1.165, 1.54) is 18.9 Å². The number of ether oxygens (including phenoxy) is 1. The van der Waals surface area contributed by atoms with Gasteiger partial charge in [-0.25, -0.2) is 4.39 Å². The summed E-state index contributed by atoms with van der Waals surface area (Å²) >= 11 is 0. The quantitative estimate of drug-likeness (QED) is 0.892. The van der Waals surface area contributed by atoms with Gasteiger partial charge in [0.2, 0.25) is 0 Å². The van der Waals surface area contributed by atoms with Gasteiger partial charge in [-0.05, 0) is 63.1 Å². The second-order valence-corrected chi connectivity index (χ2v) is 5.93. The molecule has 1 aromatic carbocycles. The summed E-state index contributed by atoms with van der Waals surface area (Å²) in [5, 5.41) is 0. The molecule has 0 aromatic heterocycles. The van der Waals surface area contributed by atoms with E-state index >= 15 is 0 Å². The standard InChI is InChI=1S/C16H24FNO/c1-10-4-6-13(7-5-10)19-16-8-11(2)15(17)9-14(16)12(3)18/h8-10,12-13H,4-7,18H2,1-3H3/t10?,12-,13?/m0/s1. The van der Waals surface area contributed by atoms with Gasteiger partial charge >= 0.3 is 0 Å². The van der Waals surface area contributed by atoms with E-state index in [1.807, 2.05) is 6.92 Å². The molecule has 0 bridgehead atoms. The molecule has 0 aliphatic heterocycles. The van der Waals surface area contributed by atoms with Gasteiger partial charge in [0.15, 0.2) is 0 Å². The first-order valence-electron chi connectivity index (χ1n) is 7.19. The van der Waals surface area contributed by atoms with Crippen LogP contribution in [0, 0.1) is 18.7 Å². The van der Waals surface area contributed by atoms with E-state index in [0.29, 0.717) is 5.56 Å². The zero-order valence-electron chi connectivity index (χ0n) is 12.1. The van der Waals surface area contributed by atoms with E-state index in [-0.39, 0.29) is 18.0 Å². The molecular weight excluding hydrogens is 241 g/mol. The lowest BCUT2D eigenvalue weighted by Gasteiger charge is -2.28. The minimum atomic E-state index is -0.215. The van der Waals surface area contributed by atoms with Crippen LogP contribution in [0.2, 0.25) is 0 Å². The first-order chi connectivity index (χ1) is 8.97. The molecule has 106 valence electrons. The summed E-state index contributed by atoms with van der Waals surface area (Å²) in [4.78, 5) is 0. The average Bonchev–Trinajstić information content (AvgIpc) is 2.36. The third-order valence-electron chi connectivity index (χ3n) is 4.04. The Morgan fingerprint density at radius 3 is 2.47 bits per heavy atom. The summed E-state index contributed by atoms with van der Waals surface area (Å²) in [6.07, 6.45) is 4.82. The number of aryl methyl sites for hydroxylation is 1. The maximum atomic E-state index is 13.6. The number of hydrogen-bond acceptors (Lipinski definition) is 2. The Labute approximate surface area is 115 Å². The fourth-order valence-corrected chi connectivity index (χ4v) is 2.66. The third kappa shape index (κ3) is 3.47. The molecule has 19 heavy (non-hydrogen) atoms. The lowest BCUT2D eigenvalue weighted by molar-refractivity contribution is 0.133. The molecule has 1 fully saturated rings. The third-order valence-corrected chi connectivity index (χ3v) is 4.04. The summed E-state index contributed by atoms with van der Waals surface area (Å²) in [5.74, 6) is 1.34. The molecule has 0 saturated heterocycles. The predicted octanol–water partition coefficient (Wildman–Crippen LogP) is 4.11. The Bertz CT molecular complexity index is 437. The largest absolute Gasteiger partial charge is 0.490 e. The van der Waals surface area contributed by atoms with E-state index in [0.717, 1.165) is 30.1 Å². The van der Waals surface area contributed by atoms with Crippen LogP contribution in [0.15, 0.2) is 12.1 Å². The van der Waals surface area contributed by atoms with Crippen molar-refractivity contribution in [3.63, 3.8) is 0 Å². The summed E-state index contributed by atoms with van der Waals surface area (Å²) in [6.45, 7) is 5.90. The van der Waals surface area contributed by atoms with Crippen LogP contribution in [0.1, 0.15) is 56.7 Å². The minimum absolute atomic E-state index is 0.211. The number of nitrogens with two attached hydrogens (primary N) is 1. The number of benzene rings is 1. The van der Waals surface area contributed by atoms with Crippen molar-refractivity contribution < 1.29 is 9.13 Å². The van der Waals surface area contributed by atoms with Gasteiger partial charge in [-0.3, -0.25) is 0 Å². The first-order valence-corrected chi connectivity index (χ1v) is 7.19. The molecule has 0 spiro atoms. The fraction of sp³-hybridized carbons (Fsp3) is 0.625. The van der Waals surface area contributed by atoms with Crippen LogP contribution in [-0.4, -0.2) is 6.10 Å². The lowest BCUT2D eigenvalue weighted by atomic mass is 9.89. The van der Waals surface area contributed by atoms with E-state index in [1.54, 1.807) is 13.0 Å². The SMILES string of the molecule is Cc1cc(OC2CCC(C)CC2)c([C@H](C)N)cc1F. The highest BCUT2D eigenvalue weighted by Crippen LogP contribution is 2.32. The molecule has 1 aliphatic rings. The van der Waals surface area contributed by atoms with E-state index in [9.17, 15) is 4.39 Å². The highest BCUT2D eigenvalue weighted by atomic mass is 19.1. The highest BCUT2D eigenvalue weighted by Gasteiger charge is 2.21. The summed E-state index contributed by atoms with van der Waals surface area (Å²) in [7, 11) is 0. The van der Waals surface area contributed by atoms with Crippen molar-refractivity contribution in [1.82, 2.24) is 0 Å². The molecule has 0 amide bonds. The topological polar surface area (TPSA) is 35.2 Å². The smallest absolute Gasteiger partial charge is 0.126 e. The molecule has 1 aromatic rings. The first kappa shape index (κ1) is 14.3. The predicted molar refractivity (Wildman–Crippen MR) is 75.8 cm³/mol. The lowest BCUT2D eigenvalue weighted by Crippen LogP contribution is -2.24. The normalized spacial score (nSPS) is 25.1. The van der Waals surface area contributed by atoms with Gasteiger partial charge in [0.05, 0.1) is 6.10 Å². The molecular formula is C16H24FNO. The van der Waals surface area contributed by atoms with Crippen LogP contribution in [0.4, 0.5) is 4.39 Å². The Morgan fingerprint density at radius 2 is 1.89 bits per heavy atom. The second-order valence-electron chi connectivity index (χ2n) is 5.93. The summed E-state index contributed by atoms with van der Waals surface area (Å²) < 4.78 is 19.7. The molecule has 2 rings (SSSR count). The van der Waals surface area contributed by atoms with Crippen LogP contribution in [0.5, 0.6) is 5.75 Å². The maximum absolute atomic E-state index is 13.6. The van der Waals surface area contributed by atoms with Crippen molar-refractivity contribution in [2.75, 3.05) is 0 Å². The molecule has 1 aliphatic carbocycles. The van der Waals surface area contributed by atoms with Crippen molar-refractivity contribution in [1.29, 1.82) is 0 Å². The zero-order valence-corrected chi connectivity index (χ0v) is 12.1. The van der Waals surface area contributed by atoms with Gasteiger partial charge in [0.25, 0.3) is 0 Å². The van der Waals surface area contributed by atoms with Crippen LogP contribution >= 0.6 is 0 Å². The number of halogens is 1. The molecule has 3 heteroatoms. The van der Waals surface area contributed by atoms with Gasteiger partial charge in [-0.2, -0.15) is 0 Å². The molecule has 1 saturated carbocycles. The van der Waals surface area contributed by atoms with E-state index in [4.69, 9.17) is 10.5 Å². The van der Waals surface area contributed by atoms with Crippen molar-refractivity contribution >= 4 is 0 Å². The van der Waals surface area contributed by atoms with Gasteiger partial charge in [-0.15, -0.1) is 0 Å². The summed E-state index contributed by atoms with van der Waals surface area (Å²) in [5.41, 5.74) is 7.29. The Morgan fingerprint density at radius 1 is 1.26 bits per heavy atom. The molecule has 0 heterocycles. The second kappa shape index (κ2) is 5.91. The zero-order chi connectivity index (χ0) is 14.0. The summed E-state index contributed by atoms with van der Waals surface area (Å²) in [6, 6.07) is 3.08.